The Balaban J connectivity index is 1.71. The molecule has 1 aliphatic heterocycles. The zero-order valence-corrected chi connectivity index (χ0v) is 19.6. The molecule has 1 aliphatic rings. The van der Waals surface area contributed by atoms with Gasteiger partial charge in [0.15, 0.2) is 11.5 Å². The highest BCUT2D eigenvalue weighted by Crippen LogP contribution is 2.40. The molecule has 9 heteroatoms. The number of carbonyl (C=O) groups excluding carboxylic acids is 1. The lowest BCUT2D eigenvalue weighted by atomic mass is 9.96. The van der Waals surface area contributed by atoms with Crippen LogP contribution in [0.1, 0.15) is 34.7 Å². The van der Waals surface area contributed by atoms with Crippen LogP contribution in [0.2, 0.25) is 0 Å². The number of hydrogen-bond donors (Lipinski definition) is 2. The van der Waals surface area contributed by atoms with Crippen molar-refractivity contribution >= 4 is 22.5 Å². The molecule has 0 spiro atoms. The van der Waals surface area contributed by atoms with Crippen molar-refractivity contribution in [1.29, 1.82) is 0 Å². The van der Waals surface area contributed by atoms with Gasteiger partial charge < -0.3 is 20.2 Å². The van der Waals surface area contributed by atoms with E-state index in [-0.39, 0.29) is 12.3 Å². The molecule has 0 aliphatic carbocycles. The van der Waals surface area contributed by atoms with E-state index in [1.165, 1.54) is 0 Å². The number of anilines is 1. The molecule has 0 saturated carbocycles. The van der Waals surface area contributed by atoms with Crippen molar-refractivity contribution < 1.29 is 14.3 Å². The van der Waals surface area contributed by atoms with Crippen molar-refractivity contribution in [3.63, 3.8) is 0 Å². The average Bonchev–Trinajstić information content (AvgIpc) is 3.40. The predicted octanol–water partition coefficient (Wildman–Crippen LogP) is 3.21. The van der Waals surface area contributed by atoms with E-state index in [2.05, 4.69) is 26.0 Å². The molecule has 1 saturated heterocycles. The van der Waals surface area contributed by atoms with Gasteiger partial charge in [-0.25, -0.2) is 4.98 Å². The highest BCUT2D eigenvalue weighted by atomic mass is 16.4. The Morgan fingerprint density at radius 1 is 1.24 bits per heavy atom. The largest absolute Gasteiger partial charge is 0.435 e. The summed E-state index contributed by atoms with van der Waals surface area (Å²) in [5.74, 6) is 0.316. The molecular formula is C25H28N6O3. The Bertz CT molecular complexity index is 1380. The van der Waals surface area contributed by atoms with Crippen molar-refractivity contribution in [2.45, 2.75) is 26.7 Å². The van der Waals surface area contributed by atoms with Gasteiger partial charge in [-0.1, -0.05) is 0 Å². The summed E-state index contributed by atoms with van der Waals surface area (Å²) >= 11 is 0. The van der Waals surface area contributed by atoms with Crippen LogP contribution >= 0.6 is 0 Å². The molecule has 0 atom stereocenters. The lowest BCUT2D eigenvalue weighted by molar-refractivity contribution is 0.0996. The summed E-state index contributed by atoms with van der Waals surface area (Å²) in [5.41, 5.74) is 10.9. The Kier molecular flexibility index (Phi) is 5.57. The van der Waals surface area contributed by atoms with E-state index in [4.69, 9.17) is 10.2 Å². The summed E-state index contributed by atoms with van der Waals surface area (Å²) in [6, 6.07) is 7.75. The van der Waals surface area contributed by atoms with Crippen LogP contribution < -0.4 is 10.6 Å². The maximum atomic E-state index is 12.4. The monoisotopic (exact) mass is 460 g/mol. The number of piperidine rings is 1. The molecule has 4 heterocycles. The number of aliphatic hydroxyl groups excluding tert-OH is 1. The number of amides is 1. The lowest BCUT2D eigenvalue weighted by Gasteiger charge is -2.34. The summed E-state index contributed by atoms with van der Waals surface area (Å²) in [4.78, 5) is 23.4. The zero-order chi connectivity index (χ0) is 24.0. The normalized spacial score (nSPS) is 14.8. The van der Waals surface area contributed by atoms with E-state index < -0.39 is 5.91 Å². The van der Waals surface area contributed by atoms with Crippen LogP contribution in [-0.4, -0.2) is 50.5 Å². The second-order valence-corrected chi connectivity index (χ2v) is 8.96. The van der Waals surface area contributed by atoms with Gasteiger partial charge in [-0.3, -0.25) is 14.5 Å². The molecule has 5 rings (SSSR count). The van der Waals surface area contributed by atoms with E-state index in [0.717, 1.165) is 65.0 Å². The summed E-state index contributed by atoms with van der Waals surface area (Å²) in [6.07, 6.45) is 3.46. The standard InChI is InChI=1S/C25H28N6O3/c1-14-10-17(4-7-27-14)25-28-22(24(26)33)23(34-25)19-12-20-18(15(2)29-30(20)3)11-21(19)31-8-5-16(13-32)6-9-31/h4,7,10-12,16,32H,5-6,8-9,13H2,1-3H3,(H2,26,33). The average molecular weight is 461 g/mol. The SMILES string of the molecule is Cc1cc(-c2nc(C(N)=O)c(-c3cc4c(cc3N3CCC(CO)CC3)c(C)nn4C)o2)ccn1. The van der Waals surface area contributed by atoms with Gasteiger partial charge in [0.1, 0.15) is 0 Å². The number of pyridine rings is 1. The summed E-state index contributed by atoms with van der Waals surface area (Å²) in [7, 11) is 1.89. The maximum absolute atomic E-state index is 12.4. The molecule has 0 unspecified atom stereocenters. The number of primary amides is 1. The molecule has 0 radical (unpaired) electrons. The van der Waals surface area contributed by atoms with E-state index in [1.54, 1.807) is 12.3 Å². The molecule has 9 nitrogen and oxygen atoms in total. The Labute approximate surface area is 197 Å². The Morgan fingerprint density at radius 3 is 2.68 bits per heavy atom. The number of nitrogens with zero attached hydrogens (tertiary/aromatic N) is 5. The van der Waals surface area contributed by atoms with E-state index in [1.807, 2.05) is 37.7 Å². The summed E-state index contributed by atoms with van der Waals surface area (Å²) < 4.78 is 8.06. The molecule has 176 valence electrons. The fraction of sp³-hybridized carbons (Fsp3) is 0.360. The van der Waals surface area contributed by atoms with Crippen LogP contribution in [0, 0.1) is 19.8 Å². The van der Waals surface area contributed by atoms with Crippen molar-refractivity contribution in [2.24, 2.45) is 18.7 Å². The van der Waals surface area contributed by atoms with Crippen molar-refractivity contribution in [3.05, 3.63) is 47.5 Å². The minimum Gasteiger partial charge on any atom is -0.435 e. The molecule has 0 bridgehead atoms. The van der Waals surface area contributed by atoms with E-state index in [0.29, 0.717) is 17.6 Å². The predicted molar refractivity (Wildman–Crippen MR) is 129 cm³/mol. The second-order valence-electron chi connectivity index (χ2n) is 8.96. The lowest BCUT2D eigenvalue weighted by Crippen LogP contribution is -2.35. The van der Waals surface area contributed by atoms with Gasteiger partial charge in [0.2, 0.25) is 5.89 Å². The molecule has 1 aromatic carbocycles. The van der Waals surface area contributed by atoms with Gasteiger partial charge in [0.25, 0.3) is 5.91 Å². The first-order valence-electron chi connectivity index (χ1n) is 11.4. The highest BCUT2D eigenvalue weighted by Gasteiger charge is 2.28. The van der Waals surface area contributed by atoms with Gasteiger partial charge in [-0.15, -0.1) is 0 Å². The zero-order valence-electron chi connectivity index (χ0n) is 19.6. The van der Waals surface area contributed by atoms with Crippen molar-refractivity contribution in [1.82, 2.24) is 19.7 Å². The number of fused-ring (bicyclic) bond motifs is 1. The van der Waals surface area contributed by atoms with E-state index in [9.17, 15) is 9.90 Å². The number of nitrogens with two attached hydrogens (primary N) is 1. The van der Waals surface area contributed by atoms with Crippen LogP contribution in [-0.2, 0) is 7.05 Å². The smallest absolute Gasteiger partial charge is 0.271 e. The molecule has 1 fully saturated rings. The van der Waals surface area contributed by atoms with E-state index >= 15 is 0 Å². The van der Waals surface area contributed by atoms with Gasteiger partial charge in [0.05, 0.1) is 11.2 Å². The number of oxazole rings is 1. The van der Waals surface area contributed by atoms with Crippen LogP contribution in [0.25, 0.3) is 33.7 Å². The number of benzene rings is 1. The van der Waals surface area contributed by atoms with Gasteiger partial charge in [-0.05, 0) is 56.9 Å². The number of aromatic nitrogens is 4. The van der Waals surface area contributed by atoms with Crippen LogP contribution in [0.3, 0.4) is 0 Å². The molecular weight excluding hydrogens is 432 g/mol. The number of rotatable bonds is 5. The quantitative estimate of drug-likeness (QED) is 0.469. The number of aliphatic hydroxyl groups is 1. The first-order chi connectivity index (χ1) is 16.4. The molecule has 1 amide bonds. The minimum atomic E-state index is -0.651. The fourth-order valence-corrected chi connectivity index (χ4v) is 4.74. The highest BCUT2D eigenvalue weighted by molar-refractivity contribution is 6.01. The molecule has 3 aromatic heterocycles. The Hall–Kier alpha value is -3.72. The maximum Gasteiger partial charge on any atom is 0.271 e. The molecule has 34 heavy (non-hydrogen) atoms. The number of hydrogen-bond acceptors (Lipinski definition) is 7. The third kappa shape index (κ3) is 3.81. The van der Waals surface area contributed by atoms with Crippen molar-refractivity contribution in [3.8, 4) is 22.8 Å². The van der Waals surface area contributed by atoms with Crippen LogP contribution in [0.5, 0.6) is 0 Å². The third-order valence-electron chi connectivity index (χ3n) is 6.61. The molecule has 4 aromatic rings. The topological polar surface area (TPSA) is 123 Å². The van der Waals surface area contributed by atoms with Crippen LogP contribution in [0.4, 0.5) is 5.69 Å². The first-order valence-corrected chi connectivity index (χ1v) is 11.4. The second kappa shape index (κ2) is 8.57. The Morgan fingerprint density at radius 2 is 2.00 bits per heavy atom. The van der Waals surface area contributed by atoms with Gasteiger partial charge in [0, 0.05) is 60.8 Å². The first kappa shape index (κ1) is 22.1. The molecule has 3 N–H and O–H groups in total. The summed E-state index contributed by atoms with van der Waals surface area (Å²) in [5, 5.41) is 15.2. The minimum absolute atomic E-state index is 0.0919. The summed E-state index contributed by atoms with van der Waals surface area (Å²) in [6.45, 7) is 5.65. The third-order valence-corrected chi connectivity index (χ3v) is 6.61. The van der Waals surface area contributed by atoms with Crippen molar-refractivity contribution in [2.75, 3.05) is 24.6 Å². The van der Waals surface area contributed by atoms with Gasteiger partial charge >= 0.3 is 0 Å². The number of carbonyl (C=O) groups is 1. The number of aryl methyl sites for hydroxylation is 3. The van der Waals surface area contributed by atoms with Gasteiger partial charge in [-0.2, -0.15) is 5.10 Å². The van der Waals surface area contributed by atoms with Crippen LogP contribution in [0.15, 0.2) is 34.9 Å². The fourth-order valence-electron chi connectivity index (χ4n) is 4.74.